The van der Waals surface area contributed by atoms with Crippen LogP contribution in [0.1, 0.15) is 11.3 Å². The lowest BCUT2D eigenvalue weighted by Crippen LogP contribution is -1.98. The number of hydrogen-bond donors (Lipinski definition) is 1. The minimum absolute atomic E-state index is 0.618. The summed E-state index contributed by atoms with van der Waals surface area (Å²) in [5.41, 5.74) is 9.51. The van der Waals surface area contributed by atoms with E-state index in [9.17, 15) is 0 Å². The van der Waals surface area contributed by atoms with Crippen molar-refractivity contribution in [1.82, 2.24) is 4.57 Å². The van der Waals surface area contributed by atoms with E-state index in [2.05, 4.69) is 42.8 Å². The Hall–Kier alpha value is -1.28. The number of fused-ring (bicyclic) bond motifs is 1. The first kappa shape index (κ1) is 8.32. The maximum absolute atomic E-state index is 5.72. The quantitative estimate of drug-likeness (QED) is 0.703. The van der Waals surface area contributed by atoms with Gasteiger partial charge in [-0.05, 0) is 18.6 Å². The molecule has 0 aliphatic rings. The van der Waals surface area contributed by atoms with Crippen molar-refractivity contribution < 1.29 is 0 Å². The average molecular weight is 174 g/mol. The smallest absolute Gasteiger partial charge is 0.0483 e. The van der Waals surface area contributed by atoms with Crippen molar-refractivity contribution in [2.24, 2.45) is 12.8 Å². The SMILES string of the molecule is Cc1c(CN)c2ccccc2n1C. The molecule has 0 fully saturated rings. The Balaban J connectivity index is 2.90. The zero-order valence-electron chi connectivity index (χ0n) is 8.04. The minimum Gasteiger partial charge on any atom is -0.348 e. The number of aromatic nitrogens is 1. The lowest BCUT2D eigenvalue weighted by atomic mass is 10.1. The molecule has 0 spiro atoms. The molecular weight excluding hydrogens is 160 g/mol. The summed E-state index contributed by atoms with van der Waals surface area (Å²) in [7, 11) is 2.08. The van der Waals surface area contributed by atoms with Crippen molar-refractivity contribution in [3.05, 3.63) is 35.5 Å². The van der Waals surface area contributed by atoms with Gasteiger partial charge < -0.3 is 10.3 Å². The zero-order valence-corrected chi connectivity index (χ0v) is 8.04. The molecule has 0 saturated heterocycles. The maximum atomic E-state index is 5.72. The van der Waals surface area contributed by atoms with E-state index in [1.807, 2.05) is 0 Å². The van der Waals surface area contributed by atoms with E-state index >= 15 is 0 Å². The number of para-hydroxylation sites is 1. The molecule has 0 bridgehead atoms. The number of hydrogen-bond acceptors (Lipinski definition) is 1. The summed E-state index contributed by atoms with van der Waals surface area (Å²) in [5, 5.41) is 1.28. The van der Waals surface area contributed by atoms with Crippen LogP contribution in [-0.2, 0) is 13.6 Å². The fraction of sp³-hybridized carbons (Fsp3) is 0.273. The second-order valence-electron chi connectivity index (χ2n) is 3.34. The number of benzene rings is 1. The largest absolute Gasteiger partial charge is 0.348 e. The van der Waals surface area contributed by atoms with Crippen LogP contribution in [0.2, 0.25) is 0 Å². The first-order valence-electron chi connectivity index (χ1n) is 4.48. The molecule has 13 heavy (non-hydrogen) atoms. The number of nitrogens with zero attached hydrogens (tertiary/aromatic N) is 1. The fourth-order valence-electron chi connectivity index (χ4n) is 1.86. The topological polar surface area (TPSA) is 30.9 Å². The van der Waals surface area contributed by atoms with Crippen molar-refractivity contribution in [2.75, 3.05) is 0 Å². The van der Waals surface area contributed by atoms with Crippen LogP contribution in [-0.4, -0.2) is 4.57 Å². The van der Waals surface area contributed by atoms with Crippen molar-refractivity contribution in [1.29, 1.82) is 0 Å². The number of nitrogens with two attached hydrogens (primary N) is 1. The molecule has 2 heteroatoms. The van der Waals surface area contributed by atoms with Crippen LogP contribution >= 0.6 is 0 Å². The van der Waals surface area contributed by atoms with Gasteiger partial charge in [0.15, 0.2) is 0 Å². The predicted molar refractivity (Wildman–Crippen MR) is 55.5 cm³/mol. The Morgan fingerprint density at radius 3 is 2.69 bits per heavy atom. The highest BCUT2D eigenvalue weighted by Gasteiger charge is 2.08. The molecule has 0 radical (unpaired) electrons. The maximum Gasteiger partial charge on any atom is 0.0483 e. The fourth-order valence-corrected chi connectivity index (χ4v) is 1.86. The van der Waals surface area contributed by atoms with Crippen LogP contribution in [0.3, 0.4) is 0 Å². The monoisotopic (exact) mass is 174 g/mol. The zero-order chi connectivity index (χ0) is 9.42. The molecule has 0 unspecified atom stereocenters. The minimum atomic E-state index is 0.618. The Bertz CT molecular complexity index is 441. The Morgan fingerprint density at radius 2 is 2.00 bits per heavy atom. The molecule has 2 rings (SSSR count). The molecule has 0 aliphatic carbocycles. The Morgan fingerprint density at radius 1 is 1.31 bits per heavy atom. The van der Waals surface area contributed by atoms with Gasteiger partial charge in [-0.15, -0.1) is 0 Å². The number of aryl methyl sites for hydroxylation is 1. The standard InChI is InChI=1S/C11H14N2/c1-8-10(7-12)9-5-3-4-6-11(9)13(8)2/h3-6H,7,12H2,1-2H3. The third kappa shape index (κ3) is 1.06. The van der Waals surface area contributed by atoms with E-state index in [0.29, 0.717) is 6.54 Å². The third-order valence-corrected chi connectivity index (χ3v) is 2.73. The highest BCUT2D eigenvalue weighted by molar-refractivity contribution is 5.85. The summed E-state index contributed by atoms with van der Waals surface area (Å²) in [6.07, 6.45) is 0. The molecule has 0 amide bonds. The van der Waals surface area contributed by atoms with Crippen LogP contribution in [0.25, 0.3) is 10.9 Å². The molecule has 68 valence electrons. The van der Waals surface area contributed by atoms with Crippen LogP contribution in [0.15, 0.2) is 24.3 Å². The van der Waals surface area contributed by atoms with E-state index < -0.39 is 0 Å². The predicted octanol–water partition coefficient (Wildman–Crippen LogP) is 1.95. The van der Waals surface area contributed by atoms with Gasteiger partial charge in [-0.25, -0.2) is 0 Å². The van der Waals surface area contributed by atoms with E-state index in [1.165, 1.54) is 22.2 Å². The van der Waals surface area contributed by atoms with Gasteiger partial charge in [0.25, 0.3) is 0 Å². The Kier molecular flexibility index (Phi) is 1.85. The van der Waals surface area contributed by atoms with Crippen molar-refractivity contribution in [3.63, 3.8) is 0 Å². The summed E-state index contributed by atoms with van der Waals surface area (Å²) < 4.78 is 2.19. The summed E-state index contributed by atoms with van der Waals surface area (Å²) in [5.74, 6) is 0. The molecule has 1 aromatic carbocycles. The van der Waals surface area contributed by atoms with Gasteiger partial charge in [0.2, 0.25) is 0 Å². The van der Waals surface area contributed by atoms with Gasteiger partial charge in [0.05, 0.1) is 0 Å². The van der Waals surface area contributed by atoms with Crippen LogP contribution < -0.4 is 5.73 Å². The van der Waals surface area contributed by atoms with Crippen molar-refractivity contribution >= 4 is 10.9 Å². The van der Waals surface area contributed by atoms with Crippen molar-refractivity contribution in [2.45, 2.75) is 13.5 Å². The van der Waals surface area contributed by atoms with Gasteiger partial charge in [-0.3, -0.25) is 0 Å². The number of rotatable bonds is 1. The van der Waals surface area contributed by atoms with E-state index in [0.717, 1.165) is 0 Å². The average Bonchev–Trinajstić information content (AvgIpc) is 2.41. The lowest BCUT2D eigenvalue weighted by Gasteiger charge is -1.97. The van der Waals surface area contributed by atoms with E-state index in [1.54, 1.807) is 0 Å². The normalized spacial score (nSPS) is 11.0. The van der Waals surface area contributed by atoms with E-state index in [-0.39, 0.29) is 0 Å². The van der Waals surface area contributed by atoms with Gasteiger partial charge in [0, 0.05) is 30.2 Å². The van der Waals surface area contributed by atoms with Crippen LogP contribution in [0, 0.1) is 6.92 Å². The lowest BCUT2D eigenvalue weighted by molar-refractivity contribution is 0.894. The molecular formula is C11H14N2. The molecule has 0 atom stereocenters. The highest BCUT2D eigenvalue weighted by Crippen LogP contribution is 2.23. The summed E-state index contributed by atoms with van der Waals surface area (Å²) in [4.78, 5) is 0. The second-order valence-corrected chi connectivity index (χ2v) is 3.34. The molecule has 0 saturated carbocycles. The molecule has 1 aromatic heterocycles. The highest BCUT2D eigenvalue weighted by atomic mass is 14.9. The van der Waals surface area contributed by atoms with E-state index in [4.69, 9.17) is 5.73 Å². The van der Waals surface area contributed by atoms with Gasteiger partial charge in [-0.2, -0.15) is 0 Å². The second kappa shape index (κ2) is 2.89. The summed E-state index contributed by atoms with van der Waals surface area (Å²) >= 11 is 0. The molecule has 1 heterocycles. The third-order valence-electron chi connectivity index (χ3n) is 2.73. The van der Waals surface area contributed by atoms with Gasteiger partial charge in [-0.1, -0.05) is 18.2 Å². The molecule has 2 N–H and O–H groups in total. The molecule has 2 nitrogen and oxygen atoms in total. The molecule has 2 aromatic rings. The first-order valence-corrected chi connectivity index (χ1v) is 4.48. The van der Waals surface area contributed by atoms with Crippen LogP contribution in [0.5, 0.6) is 0 Å². The van der Waals surface area contributed by atoms with Gasteiger partial charge >= 0.3 is 0 Å². The Labute approximate surface area is 78.0 Å². The van der Waals surface area contributed by atoms with Crippen molar-refractivity contribution in [3.8, 4) is 0 Å². The summed E-state index contributed by atoms with van der Waals surface area (Å²) in [6, 6.07) is 8.37. The van der Waals surface area contributed by atoms with Crippen LogP contribution in [0.4, 0.5) is 0 Å². The first-order chi connectivity index (χ1) is 6.25. The summed E-state index contributed by atoms with van der Waals surface area (Å²) in [6.45, 7) is 2.73. The van der Waals surface area contributed by atoms with Gasteiger partial charge in [0.1, 0.15) is 0 Å². The molecule has 0 aliphatic heterocycles.